The van der Waals surface area contributed by atoms with Crippen LogP contribution in [0.15, 0.2) is 18.3 Å². The number of aromatic nitrogens is 2. The lowest BCUT2D eigenvalue weighted by atomic mass is 10.2. The summed E-state index contributed by atoms with van der Waals surface area (Å²) < 4.78 is 2.08. The van der Waals surface area contributed by atoms with E-state index in [2.05, 4.69) is 22.4 Å². The molecule has 2 aromatic heterocycles. The third-order valence-electron chi connectivity index (χ3n) is 2.47. The Balaban J connectivity index is 2.84. The smallest absolute Gasteiger partial charge is 0.130 e. The minimum atomic E-state index is -0.0296. The lowest BCUT2D eigenvalue weighted by molar-refractivity contribution is 0.734. The van der Waals surface area contributed by atoms with E-state index in [9.17, 15) is 0 Å². The van der Waals surface area contributed by atoms with Crippen molar-refractivity contribution in [2.24, 2.45) is 5.73 Å². The zero-order valence-corrected chi connectivity index (χ0v) is 8.78. The van der Waals surface area contributed by atoms with Crippen LogP contribution in [0.2, 0.25) is 0 Å². The second kappa shape index (κ2) is 3.10. The van der Waals surface area contributed by atoms with Gasteiger partial charge in [0.25, 0.3) is 0 Å². The molecule has 1 atom stereocenters. The van der Waals surface area contributed by atoms with Crippen LogP contribution in [0.3, 0.4) is 0 Å². The summed E-state index contributed by atoms with van der Waals surface area (Å²) in [6.07, 6.45) is 2.01. The van der Waals surface area contributed by atoms with Crippen molar-refractivity contribution in [3.8, 4) is 0 Å². The molecular weight excluding hydrogens is 174 g/mol. The number of aryl methyl sites for hydroxylation is 2. The van der Waals surface area contributed by atoms with Crippen molar-refractivity contribution in [2.45, 2.75) is 26.8 Å². The van der Waals surface area contributed by atoms with Crippen LogP contribution in [0, 0.1) is 13.8 Å². The molecule has 0 aliphatic heterocycles. The van der Waals surface area contributed by atoms with Crippen LogP contribution in [0.25, 0.3) is 5.52 Å². The van der Waals surface area contributed by atoms with Gasteiger partial charge in [-0.1, -0.05) is 6.07 Å². The SMILES string of the molecule is Cc1cccn2c(C(C)N)nc(C)c12. The summed E-state index contributed by atoms with van der Waals surface area (Å²) in [5.41, 5.74) is 9.33. The second-order valence-electron chi connectivity index (χ2n) is 3.75. The number of pyridine rings is 1. The molecule has 0 aliphatic carbocycles. The third kappa shape index (κ3) is 1.21. The van der Waals surface area contributed by atoms with E-state index in [1.54, 1.807) is 0 Å². The molecule has 0 amide bonds. The van der Waals surface area contributed by atoms with Crippen molar-refractivity contribution in [3.05, 3.63) is 35.4 Å². The molecule has 0 radical (unpaired) electrons. The molecule has 2 N–H and O–H groups in total. The van der Waals surface area contributed by atoms with Crippen LogP contribution in [-0.4, -0.2) is 9.38 Å². The molecule has 0 spiro atoms. The van der Waals surface area contributed by atoms with Crippen LogP contribution < -0.4 is 5.73 Å². The normalized spacial score (nSPS) is 13.4. The first-order valence-electron chi connectivity index (χ1n) is 4.81. The van der Waals surface area contributed by atoms with Gasteiger partial charge in [0.15, 0.2) is 0 Å². The molecule has 0 fully saturated rings. The minimum Gasteiger partial charge on any atom is -0.322 e. The first kappa shape index (κ1) is 9.21. The Labute approximate surface area is 83.6 Å². The van der Waals surface area contributed by atoms with Crippen LogP contribution in [0.5, 0.6) is 0 Å². The van der Waals surface area contributed by atoms with Gasteiger partial charge in [0.2, 0.25) is 0 Å². The highest BCUT2D eigenvalue weighted by Gasteiger charge is 2.11. The van der Waals surface area contributed by atoms with E-state index in [1.807, 2.05) is 26.1 Å². The fourth-order valence-corrected chi connectivity index (χ4v) is 1.87. The van der Waals surface area contributed by atoms with E-state index in [-0.39, 0.29) is 6.04 Å². The molecule has 1 unspecified atom stereocenters. The monoisotopic (exact) mass is 189 g/mol. The summed E-state index contributed by atoms with van der Waals surface area (Å²) in [7, 11) is 0. The van der Waals surface area contributed by atoms with Gasteiger partial charge in [-0.25, -0.2) is 4.98 Å². The second-order valence-corrected chi connectivity index (χ2v) is 3.75. The summed E-state index contributed by atoms with van der Waals surface area (Å²) >= 11 is 0. The Bertz CT molecular complexity index is 469. The Kier molecular flexibility index (Phi) is 2.04. The molecule has 0 saturated carbocycles. The summed E-state index contributed by atoms with van der Waals surface area (Å²) in [5.74, 6) is 0.932. The van der Waals surface area contributed by atoms with Gasteiger partial charge in [0.05, 0.1) is 17.3 Å². The highest BCUT2D eigenvalue weighted by atomic mass is 15.0. The predicted molar refractivity (Wildman–Crippen MR) is 57.3 cm³/mol. The number of nitrogens with zero attached hydrogens (tertiary/aromatic N) is 2. The van der Waals surface area contributed by atoms with Gasteiger partial charge in [-0.3, -0.25) is 0 Å². The lowest BCUT2D eigenvalue weighted by Gasteiger charge is -2.04. The van der Waals surface area contributed by atoms with E-state index in [1.165, 1.54) is 11.1 Å². The molecular formula is C11H15N3. The van der Waals surface area contributed by atoms with Crippen LogP contribution in [-0.2, 0) is 0 Å². The van der Waals surface area contributed by atoms with Gasteiger partial charge < -0.3 is 10.1 Å². The third-order valence-corrected chi connectivity index (χ3v) is 2.47. The number of hydrogen-bond acceptors (Lipinski definition) is 2. The molecule has 2 rings (SSSR count). The standard InChI is InChI=1S/C11H15N3/c1-7-5-4-6-14-10(7)9(3)13-11(14)8(2)12/h4-6,8H,12H2,1-3H3. The Morgan fingerprint density at radius 3 is 2.79 bits per heavy atom. The summed E-state index contributed by atoms with van der Waals surface area (Å²) in [4.78, 5) is 4.49. The first-order chi connectivity index (χ1) is 6.61. The Morgan fingerprint density at radius 1 is 1.43 bits per heavy atom. The van der Waals surface area contributed by atoms with Crippen molar-refractivity contribution in [2.75, 3.05) is 0 Å². The number of nitrogens with two attached hydrogens (primary N) is 1. The minimum absolute atomic E-state index is 0.0296. The molecule has 74 valence electrons. The molecule has 2 aromatic rings. The highest BCUT2D eigenvalue weighted by Crippen LogP contribution is 2.19. The molecule has 14 heavy (non-hydrogen) atoms. The van der Waals surface area contributed by atoms with Crippen molar-refractivity contribution in [1.29, 1.82) is 0 Å². The summed E-state index contributed by atoms with van der Waals surface area (Å²) in [6.45, 7) is 6.07. The number of imidazole rings is 1. The maximum absolute atomic E-state index is 5.86. The lowest BCUT2D eigenvalue weighted by Crippen LogP contribution is -2.09. The molecule has 2 heterocycles. The fraction of sp³-hybridized carbons (Fsp3) is 0.364. The largest absolute Gasteiger partial charge is 0.322 e. The van der Waals surface area contributed by atoms with E-state index < -0.39 is 0 Å². The van der Waals surface area contributed by atoms with Crippen molar-refractivity contribution in [3.63, 3.8) is 0 Å². The van der Waals surface area contributed by atoms with Crippen molar-refractivity contribution in [1.82, 2.24) is 9.38 Å². The zero-order valence-electron chi connectivity index (χ0n) is 8.78. The van der Waals surface area contributed by atoms with Gasteiger partial charge in [0.1, 0.15) is 5.82 Å². The van der Waals surface area contributed by atoms with Gasteiger partial charge in [-0.15, -0.1) is 0 Å². The number of rotatable bonds is 1. The molecule has 0 saturated heterocycles. The fourth-order valence-electron chi connectivity index (χ4n) is 1.87. The zero-order chi connectivity index (χ0) is 10.3. The number of fused-ring (bicyclic) bond motifs is 1. The van der Waals surface area contributed by atoms with Crippen molar-refractivity contribution >= 4 is 5.52 Å². The van der Waals surface area contributed by atoms with Crippen LogP contribution >= 0.6 is 0 Å². The van der Waals surface area contributed by atoms with Crippen LogP contribution in [0.1, 0.15) is 30.0 Å². The Morgan fingerprint density at radius 2 is 2.14 bits per heavy atom. The van der Waals surface area contributed by atoms with E-state index in [0.29, 0.717) is 0 Å². The maximum atomic E-state index is 5.86. The van der Waals surface area contributed by atoms with Gasteiger partial charge >= 0.3 is 0 Å². The van der Waals surface area contributed by atoms with E-state index in [0.717, 1.165) is 11.5 Å². The molecule has 0 bridgehead atoms. The van der Waals surface area contributed by atoms with Crippen molar-refractivity contribution < 1.29 is 0 Å². The topological polar surface area (TPSA) is 43.3 Å². The molecule has 0 aromatic carbocycles. The van der Waals surface area contributed by atoms with E-state index >= 15 is 0 Å². The highest BCUT2D eigenvalue weighted by molar-refractivity contribution is 5.59. The molecule has 3 nitrogen and oxygen atoms in total. The van der Waals surface area contributed by atoms with Crippen LogP contribution in [0.4, 0.5) is 0 Å². The molecule has 3 heteroatoms. The number of hydrogen-bond donors (Lipinski definition) is 1. The predicted octanol–water partition coefficient (Wildman–Crippen LogP) is 1.97. The van der Waals surface area contributed by atoms with E-state index in [4.69, 9.17) is 5.73 Å². The summed E-state index contributed by atoms with van der Waals surface area (Å²) in [6, 6.07) is 4.09. The van der Waals surface area contributed by atoms with Gasteiger partial charge in [-0.2, -0.15) is 0 Å². The quantitative estimate of drug-likeness (QED) is 0.745. The molecule has 0 aliphatic rings. The Hall–Kier alpha value is -1.35. The average molecular weight is 189 g/mol. The first-order valence-corrected chi connectivity index (χ1v) is 4.81. The summed E-state index contributed by atoms with van der Waals surface area (Å²) in [5, 5.41) is 0. The van der Waals surface area contributed by atoms with Gasteiger partial charge in [0, 0.05) is 6.20 Å². The van der Waals surface area contributed by atoms with Gasteiger partial charge in [-0.05, 0) is 32.4 Å². The average Bonchev–Trinajstić information content (AvgIpc) is 2.45. The maximum Gasteiger partial charge on any atom is 0.130 e.